The molecule has 0 spiro atoms. The van der Waals surface area contributed by atoms with E-state index in [2.05, 4.69) is 24.0 Å². The van der Waals surface area contributed by atoms with Gasteiger partial charge in [-0.1, -0.05) is 30.3 Å². The van der Waals surface area contributed by atoms with Gasteiger partial charge in [0.05, 0.1) is 12.5 Å². The summed E-state index contributed by atoms with van der Waals surface area (Å²) in [7, 11) is 0. The fourth-order valence-corrected chi connectivity index (χ4v) is 3.41. The van der Waals surface area contributed by atoms with Gasteiger partial charge in [0.25, 0.3) is 0 Å². The van der Waals surface area contributed by atoms with E-state index < -0.39 is 0 Å². The number of hydrogen-bond acceptors (Lipinski definition) is 4. The van der Waals surface area contributed by atoms with E-state index in [9.17, 15) is 9.59 Å². The molecule has 1 aliphatic rings. The lowest BCUT2D eigenvalue weighted by Crippen LogP contribution is -2.41. The summed E-state index contributed by atoms with van der Waals surface area (Å²) in [5.74, 6) is -0.599. The number of rotatable bonds is 7. The molecule has 120 valence electrons. The van der Waals surface area contributed by atoms with Crippen LogP contribution in [-0.2, 0) is 14.3 Å². The van der Waals surface area contributed by atoms with Crippen molar-refractivity contribution in [1.82, 2.24) is 4.90 Å². The lowest BCUT2D eigenvalue weighted by atomic mass is 9.93. The van der Waals surface area contributed by atoms with Gasteiger partial charge in [-0.25, -0.2) is 0 Å². The van der Waals surface area contributed by atoms with Crippen LogP contribution in [0.5, 0.6) is 0 Å². The summed E-state index contributed by atoms with van der Waals surface area (Å²) in [6.45, 7) is 5.27. The molecular weight excluding hydrogens is 278 g/mol. The molecule has 1 aliphatic heterocycles. The molecule has 1 heterocycles. The van der Waals surface area contributed by atoms with Crippen LogP contribution in [0.4, 0.5) is 0 Å². The maximum Gasteiger partial charge on any atom is 0.310 e. The zero-order valence-electron chi connectivity index (χ0n) is 13.4. The Labute approximate surface area is 132 Å². The predicted octanol–water partition coefficient (Wildman–Crippen LogP) is 2.98. The predicted molar refractivity (Wildman–Crippen MR) is 85.4 cm³/mol. The molecule has 4 nitrogen and oxygen atoms in total. The van der Waals surface area contributed by atoms with Gasteiger partial charge in [-0.2, -0.15) is 0 Å². The first kappa shape index (κ1) is 16.7. The zero-order chi connectivity index (χ0) is 15.9. The van der Waals surface area contributed by atoms with Crippen molar-refractivity contribution in [3.63, 3.8) is 0 Å². The maximum atomic E-state index is 12.2. The minimum atomic E-state index is -0.355. The Kier molecular flexibility index (Phi) is 6.13. The first-order valence-corrected chi connectivity index (χ1v) is 8.10. The maximum absolute atomic E-state index is 12.2. The van der Waals surface area contributed by atoms with E-state index in [4.69, 9.17) is 4.74 Å². The molecule has 22 heavy (non-hydrogen) atoms. The zero-order valence-corrected chi connectivity index (χ0v) is 13.4. The van der Waals surface area contributed by atoms with Gasteiger partial charge in [-0.3, -0.25) is 9.69 Å². The second kappa shape index (κ2) is 8.08. The molecule has 0 amide bonds. The van der Waals surface area contributed by atoms with Crippen LogP contribution in [0.3, 0.4) is 0 Å². The van der Waals surface area contributed by atoms with Crippen molar-refractivity contribution >= 4 is 12.3 Å². The van der Waals surface area contributed by atoms with Crippen LogP contribution >= 0.6 is 0 Å². The number of nitrogens with zero attached hydrogens (tertiary/aromatic N) is 1. The third-order valence-corrected chi connectivity index (χ3v) is 4.53. The second-order valence-corrected chi connectivity index (χ2v) is 5.79. The van der Waals surface area contributed by atoms with Crippen LogP contribution in [0, 0.1) is 5.92 Å². The number of carbonyl (C=O) groups is 2. The van der Waals surface area contributed by atoms with Gasteiger partial charge in [-0.05, 0) is 38.8 Å². The van der Waals surface area contributed by atoms with Crippen molar-refractivity contribution in [3.8, 4) is 0 Å². The van der Waals surface area contributed by atoms with Gasteiger partial charge in [0, 0.05) is 18.5 Å². The molecule has 0 radical (unpaired) electrons. The highest BCUT2D eigenvalue weighted by molar-refractivity contribution is 5.76. The van der Waals surface area contributed by atoms with Crippen molar-refractivity contribution in [1.29, 1.82) is 0 Å². The SMILES string of the molecule is CCOC(=O)[C@H](CC=O)[C@H]1CCCN1[C@H](C)c1ccccc1. The monoisotopic (exact) mass is 303 g/mol. The number of hydrogen-bond donors (Lipinski definition) is 0. The topological polar surface area (TPSA) is 46.6 Å². The number of benzene rings is 1. The van der Waals surface area contributed by atoms with Gasteiger partial charge in [0.1, 0.15) is 6.29 Å². The molecule has 1 aromatic rings. The minimum absolute atomic E-state index is 0.0828. The van der Waals surface area contributed by atoms with Crippen LogP contribution < -0.4 is 0 Å². The smallest absolute Gasteiger partial charge is 0.310 e. The van der Waals surface area contributed by atoms with E-state index in [-0.39, 0.29) is 30.4 Å². The number of aldehydes is 1. The van der Waals surface area contributed by atoms with Gasteiger partial charge < -0.3 is 9.53 Å². The molecule has 0 saturated carbocycles. The van der Waals surface area contributed by atoms with Gasteiger partial charge in [0.15, 0.2) is 0 Å². The molecule has 1 fully saturated rings. The Bertz CT molecular complexity index is 488. The fourth-order valence-electron chi connectivity index (χ4n) is 3.41. The molecule has 0 aliphatic carbocycles. The quantitative estimate of drug-likeness (QED) is 0.574. The van der Waals surface area contributed by atoms with E-state index in [1.54, 1.807) is 6.92 Å². The van der Waals surface area contributed by atoms with E-state index in [1.807, 2.05) is 18.2 Å². The molecule has 0 aromatic heterocycles. The molecule has 2 rings (SSSR count). The van der Waals surface area contributed by atoms with Crippen molar-refractivity contribution in [3.05, 3.63) is 35.9 Å². The van der Waals surface area contributed by atoms with Gasteiger partial charge in [-0.15, -0.1) is 0 Å². The van der Waals surface area contributed by atoms with Gasteiger partial charge >= 0.3 is 5.97 Å². The molecule has 0 N–H and O–H groups in total. The van der Waals surface area contributed by atoms with E-state index in [0.29, 0.717) is 6.61 Å². The number of esters is 1. The Morgan fingerprint density at radius 1 is 1.41 bits per heavy atom. The lowest BCUT2D eigenvalue weighted by molar-refractivity contribution is -0.151. The van der Waals surface area contributed by atoms with Crippen molar-refractivity contribution in [2.45, 2.75) is 45.2 Å². The van der Waals surface area contributed by atoms with E-state index in [0.717, 1.165) is 25.7 Å². The van der Waals surface area contributed by atoms with Crippen molar-refractivity contribution in [2.75, 3.05) is 13.2 Å². The van der Waals surface area contributed by atoms with Crippen LogP contribution in [0.1, 0.15) is 44.7 Å². The Morgan fingerprint density at radius 3 is 2.77 bits per heavy atom. The number of ether oxygens (including phenoxy) is 1. The van der Waals surface area contributed by atoms with Crippen molar-refractivity contribution in [2.24, 2.45) is 5.92 Å². The normalized spacial score (nSPS) is 21.3. The third kappa shape index (κ3) is 3.74. The Hall–Kier alpha value is -1.68. The molecular formula is C18H25NO3. The summed E-state index contributed by atoms with van der Waals surface area (Å²) in [5.41, 5.74) is 1.24. The summed E-state index contributed by atoms with van der Waals surface area (Å²) < 4.78 is 5.18. The second-order valence-electron chi connectivity index (χ2n) is 5.79. The van der Waals surface area contributed by atoms with Crippen LogP contribution in [0.2, 0.25) is 0 Å². The van der Waals surface area contributed by atoms with Gasteiger partial charge in [0.2, 0.25) is 0 Å². The number of carbonyl (C=O) groups excluding carboxylic acids is 2. The van der Waals surface area contributed by atoms with Crippen LogP contribution in [0.25, 0.3) is 0 Å². The van der Waals surface area contributed by atoms with Crippen molar-refractivity contribution < 1.29 is 14.3 Å². The first-order valence-electron chi connectivity index (χ1n) is 8.10. The highest BCUT2D eigenvalue weighted by Gasteiger charge is 2.38. The molecule has 0 bridgehead atoms. The molecule has 3 atom stereocenters. The molecule has 1 aromatic carbocycles. The summed E-state index contributed by atoms with van der Waals surface area (Å²) in [5, 5.41) is 0. The van der Waals surface area contributed by atoms with E-state index in [1.165, 1.54) is 5.56 Å². The van der Waals surface area contributed by atoms with E-state index >= 15 is 0 Å². The third-order valence-electron chi connectivity index (χ3n) is 4.53. The molecule has 0 unspecified atom stereocenters. The largest absolute Gasteiger partial charge is 0.466 e. The summed E-state index contributed by atoms with van der Waals surface area (Å²) in [4.78, 5) is 25.6. The average Bonchev–Trinajstić information content (AvgIpc) is 3.02. The first-order chi connectivity index (χ1) is 10.7. The number of likely N-dealkylation sites (tertiary alicyclic amines) is 1. The lowest BCUT2D eigenvalue weighted by Gasteiger charge is -2.34. The average molecular weight is 303 g/mol. The molecule has 1 saturated heterocycles. The molecule has 4 heteroatoms. The standard InChI is InChI=1S/C18H25NO3/c1-3-22-18(21)16(11-13-20)17-10-7-12-19(17)14(2)15-8-5-4-6-9-15/h4-6,8-9,13-14,16-17H,3,7,10-12H2,1-2H3/t14-,16-,17-/m1/s1. The van der Waals surface area contributed by atoms with Crippen LogP contribution in [-0.4, -0.2) is 36.3 Å². The minimum Gasteiger partial charge on any atom is -0.466 e. The van der Waals surface area contributed by atoms with Crippen LogP contribution in [0.15, 0.2) is 30.3 Å². The highest BCUT2D eigenvalue weighted by atomic mass is 16.5. The summed E-state index contributed by atoms with van der Waals surface area (Å²) in [6, 6.07) is 10.6. The highest BCUT2D eigenvalue weighted by Crippen LogP contribution is 2.34. The Morgan fingerprint density at radius 2 is 2.14 bits per heavy atom. The summed E-state index contributed by atoms with van der Waals surface area (Å²) in [6.07, 6.45) is 3.07. The fraction of sp³-hybridized carbons (Fsp3) is 0.556. The summed E-state index contributed by atoms with van der Waals surface area (Å²) >= 11 is 0. The Balaban J connectivity index is 2.17.